The van der Waals surface area contributed by atoms with Crippen molar-refractivity contribution in [3.05, 3.63) is 24.0 Å². The molecule has 1 aliphatic heterocycles. The van der Waals surface area contributed by atoms with Crippen molar-refractivity contribution >= 4 is 23.8 Å². The van der Waals surface area contributed by atoms with E-state index in [0.717, 1.165) is 10.6 Å². The van der Waals surface area contributed by atoms with E-state index in [4.69, 9.17) is 9.47 Å². The van der Waals surface area contributed by atoms with Crippen molar-refractivity contribution in [2.75, 3.05) is 13.2 Å². The van der Waals surface area contributed by atoms with Gasteiger partial charge in [0.05, 0.1) is 24.3 Å². The second kappa shape index (κ2) is 8.95. The van der Waals surface area contributed by atoms with E-state index < -0.39 is 23.7 Å². The van der Waals surface area contributed by atoms with E-state index in [2.05, 4.69) is 18.8 Å². The number of rotatable bonds is 5. The molecule has 1 saturated heterocycles. The number of hydrogen-bond acceptors (Lipinski definition) is 6. The monoisotopic (exact) mass is 394 g/mol. The Morgan fingerprint density at radius 1 is 1.37 bits per heavy atom. The maximum atomic E-state index is 12.8. The molecule has 1 amide bonds. The van der Waals surface area contributed by atoms with Crippen LogP contribution in [0.15, 0.2) is 23.2 Å². The Kier molecular flexibility index (Phi) is 7.14. The average molecular weight is 395 g/mol. The van der Waals surface area contributed by atoms with E-state index >= 15 is 0 Å². The summed E-state index contributed by atoms with van der Waals surface area (Å²) >= 11 is 1.67. The molecule has 0 N–H and O–H groups in total. The van der Waals surface area contributed by atoms with Gasteiger partial charge in [-0.1, -0.05) is 13.8 Å². The zero-order chi connectivity index (χ0) is 20.2. The smallest absolute Gasteiger partial charge is 0.410 e. The Bertz CT molecular complexity index is 672. The summed E-state index contributed by atoms with van der Waals surface area (Å²) in [5, 5.41) is 0.352. The van der Waals surface area contributed by atoms with Crippen LogP contribution in [0.1, 0.15) is 59.7 Å². The van der Waals surface area contributed by atoms with Crippen LogP contribution in [-0.2, 0) is 14.3 Å². The van der Waals surface area contributed by atoms with Crippen LogP contribution in [0, 0.1) is 5.92 Å². The Hall–Kier alpha value is -1.76. The molecule has 1 aliphatic rings. The number of pyridine rings is 1. The third-order valence-corrected chi connectivity index (χ3v) is 5.13. The number of ether oxygens (including phenoxy) is 2. The average Bonchev–Trinajstić information content (AvgIpc) is 2.98. The fourth-order valence-electron chi connectivity index (χ4n) is 3.13. The SMILES string of the molecule is CCOC(=O)C1CCN(C(=O)OC(C)(C)C)C1c1ncccc1SC(C)C. The van der Waals surface area contributed by atoms with Gasteiger partial charge in [-0.3, -0.25) is 14.7 Å². The Labute approximate surface area is 166 Å². The highest BCUT2D eigenvalue weighted by Crippen LogP contribution is 2.42. The largest absolute Gasteiger partial charge is 0.466 e. The van der Waals surface area contributed by atoms with E-state index in [0.29, 0.717) is 24.8 Å². The first-order valence-corrected chi connectivity index (χ1v) is 10.3. The molecule has 2 unspecified atom stereocenters. The summed E-state index contributed by atoms with van der Waals surface area (Å²) in [7, 11) is 0. The molecule has 1 fully saturated rings. The molecule has 2 rings (SSSR count). The molecule has 0 aliphatic carbocycles. The highest BCUT2D eigenvalue weighted by Gasteiger charge is 2.46. The van der Waals surface area contributed by atoms with Gasteiger partial charge in [-0.15, -0.1) is 11.8 Å². The Morgan fingerprint density at radius 2 is 2.07 bits per heavy atom. The van der Waals surface area contributed by atoms with Crippen LogP contribution in [0.5, 0.6) is 0 Å². The topological polar surface area (TPSA) is 68.7 Å². The Morgan fingerprint density at radius 3 is 2.67 bits per heavy atom. The lowest BCUT2D eigenvalue weighted by Crippen LogP contribution is -2.38. The van der Waals surface area contributed by atoms with E-state index in [-0.39, 0.29) is 5.97 Å². The van der Waals surface area contributed by atoms with Crippen molar-refractivity contribution < 1.29 is 19.1 Å². The second-order valence-corrected chi connectivity index (χ2v) is 9.44. The number of thioether (sulfide) groups is 1. The first-order chi connectivity index (χ1) is 12.6. The van der Waals surface area contributed by atoms with Crippen molar-refractivity contribution in [3.8, 4) is 0 Å². The molecule has 1 aromatic rings. The number of nitrogens with zero attached hydrogens (tertiary/aromatic N) is 2. The zero-order valence-electron chi connectivity index (χ0n) is 17.0. The van der Waals surface area contributed by atoms with Crippen LogP contribution < -0.4 is 0 Å². The standard InChI is InChI=1S/C20H30N2O4S/c1-7-25-18(23)14-10-12-22(19(24)26-20(4,5)6)17(14)16-15(27-13(2)3)9-8-11-21-16/h8-9,11,13-14,17H,7,10,12H2,1-6H3. The number of likely N-dealkylation sites (tertiary alicyclic amines) is 1. The van der Waals surface area contributed by atoms with Crippen molar-refractivity contribution in [2.24, 2.45) is 5.92 Å². The van der Waals surface area contributed by atoms with Crippen molar-refractivity contribution in [3.63, 3.8) is 0 Å². The van der Waals surface area contributed by atoms with Gasteiger partial charge in [-0.2, -0.15) is 0 Å². The fourth-order valence-corrected chi connectivity index (χ4v) is 4.09. The van der Waals surface area contributed by atoms with Gasteiger partial charge in [0.2, 0.25) is 0 Å². The van der Waals surface area contributed by atoms with Gasteiger partial charge in [0, 0.05) is 22.9 Å². The highest BCUT2D eigenvalue weighted by atomic mass is 32.2. The number of carbonyl (C=O) groups excluding carboxylic acids is 2. The molecule has 6 nitrogen and oxygen atoms in total. The first-order valence-electron chi connectivity index (χ1n) is 9.42. The number of amides is 1. The first kappa shape index (κ1) is 21.5. The van der Waals surface area contributed by atoms with Crippen LogP contribution in [0.3, 0.4) is 0 Å². The number of esters is 1. The molecule has 0 aromatic carbocycles. The summed E-state index contributed by atoms with van der Waals surface area (Å²) in [5.74, 6) is -0.737. The third-order valence-electron chi connectivity index (χ3n) is 4.06. The second-order valence-electron chi connectivity index (χ2n) is 7.82. The number of aromatic nitrogens is 1. The van der Waals surface area contributed by atoms with E-state index in [1.165, 1.54) is 0 Å². The molecule has 2 heterocycles. The molecule has 7 heteroatoms. The molecule has 0 radical (unpaired) electrons. The van der Waals surface area contributed by atoms with Gasteiger partial charge in [0.1, 0.15) is 5.60 Å². The predicted octanol–water partition coefficient (Wildman–Crippen LogP) is 4.44. The van der Waals surface area contributed by atoms with Gasteiger partial charge in [-0.05, 0) is 46.2 Å². The Balaban J connectivity index is 2.42. The fraction of sp³-hybridized carbons (Fsp3) is 0.650. The lowest BCUT2D eigenvalue weighted by Gasteiger charge is -2.30. The molecule has 0 bridgehead atoms. The van der Waals surface area contributed by atoms with Gasteiger partial charge in [0.25, 0.3) is 0 Å². The van der Waals surface area contributed by atoms with Crippen LogP contribution in [0.2, 0.25) is 0 Å². The van der Waals surface area contributed by atoms with Crippen molar-refractivity contribution in [1.82, 2.24) is 9.88 Å². The van der Waals surface area contributed by atoms with E-state index in [1.54, 1.807) is 29.8 Å². The highest BCUT2D eigenvalue weighted by molar-refractivity contribution is 8.00. The summed E-state index contributed by atoms with van der Waals surface area (Å²) < 4.78 is 10.9. The maximum Gasteiger partial charge on any atom is 0.410 e. The zero-order valence-corrected chi connectivity index (χ0v) is 17.8. The van der Waals surface area contributed by atoms with Gasteiger partial charge >= 0.3 is 12.1 Å². The summed E-state index contributed by atoms with van der Waals surface area (Å²) in [4.78, 5) is 32.6. The summed E-state index contributed by atoms with van der Waals surface area (Å²) in [6.07, 6.45) is 1.81. The molecular weight excluding hydrogens is 364 g/mol. The minimum Gasteiger partial charge on any atom is -0.466 e. The molecule has 1 aromatic heterocycles. The minimum atomic E-state index is -0.608. The third kappa shape index (κ3) is 5.61. The van der Waals surface area contributed by atoms with Crippen molar-refractivity contribution in [1.29, 1.82) is 0 Å². The molecule has 2 atom stereocenters. The van der Waals surface area contributed by atoms with Crippen LogP contribution >= 0.6 is 11.8 Å². The van der Waals surface area contributed by atoms with E-state index in [1.807, 2.05) is 32.9 Å². The van der Waals surface area contributed by atoms with Gasteiger partial charge in [-0.25, -0.2) is 4.79 Å². The van der Waals surface area contributed by atoms with E-state index in [9.17, 15) is 9.59 Å². The lowest BCUT2D eigenvalue weighted by molar-refractivity contribution is -0.148. The molecular formula is C20H30N2O4S. The van der Waals surface area contributed by atoms with Crippen LogP contribution in [0.4, 0.5) is 4.79 Å². The summed E-state index contributed by atoms with van der Waals surface area (Å²) in [6, 6.07) is 3.38. The van der Waals surface area contributed by atoms with Crippen molar-refractivity contribution in [2.45, 2.75) is 69.8 Å². The maximum absolute atomic E-state index is 12.8. The summed E-state index contributed by atoms with van der Waals surface area (Å²) in [5.41, 5.74) is 0.126. The molecule has 0 spiro atoms. The quantitative estimate of drug-likeness (QED) is 0.543. The number of hydrogen-bond donors (Lipinski definition) is 0. The molecule has 0 saturated carbocycles. The minimum absolute atomic E-state index is 0.292. The number of carbonyl (C=O) groups is 2. The summed E-state index contributed by atoms with van der Waals surface area (Å²) in [6.45, 7) is 12.2. The lowest BCUT2D eigenvalue weighted by atomic mass is 9.97. The van der Waals surface area contributed by atoms with Crippen LogP contribution in [-0.4, -0.2) is 45.9 Å². The van der Waals surface area contributed by atoms with Gasteiger partial charge < -0.3 is 9.47 Å². The predicted molar refractivity (Wildman–Crippen MR) is 106 cm³/mol. The normalized spacial score (nSPS) is 20.0. The van der Waals surface area contributed by atoms with Gasteiger partial charge in [0.15, 0.2) is 0 Å². The molecule has 150 valence electrons. The molecule has 27 heavy (non-hydrogen) atoms. The van der Waals surface area contributed by atoms with Crippen LogP contribution in [0.25, 0.3) is 0 Å².